The van der Waals surface area contributed by atoms with Crippen molar-refractivity contribution in [2.45, 2.75) is 79.9 Å². The Morgan fingerprint density at radius 2 is 1.26 bits per heavy atom. The van der Waals surface area contributed by atoms with Crippen LogP contribution in [0.15, 0.2) is 28.3 Å². The van der Waals surface area contributed by atoms with Crippen LogP contribution in [0.2, 0.25) is 0 Å². The quantitative estimate of drug-likeness (QED) is 0.420. The standard InChI is InChI=1S/C20H35N3O4/c1-10-14(2)11-12-15(3)13-21-16(22-17(24)26-19(4,5)6)23-18(25)27-20(7,8)9/h11-12H,10,13H2,1-9H3,(H2,21,22,23,24,25)/b14-11+,15-12+. The van der Waals surface area contributed by atoms with Gasteiger partial charge in [-0.15, -0.1) is 0 Å². The van der Waals surface area contributed by atoms with Crippen LogP contribution in [0.1, 0.15) is 68.7 Å². The third-order valence-corrected chi connectivity index (χ3v) is 2.94. The lowest BCUT2D eigenvalue weighted by molar-refractivity contribution is 0.0545. The maximum Gasteiger partial charge on any atom is 0.414 e. The molecule has 2 N–H and O–H groups in total. The summed E-state index contributed by atoms with van der Waals surface area (Å²) in [5, 5.41) is 4.91. The van der Waals surface area contributed by atoms with Gasteiger partial charge in [-0.1, -0.05) is 30.2 Å². The molecule has 0 bridgehead atoms. The number of rotatable bonds is 4. The molecule has 0 rings (SSSR count). The average molecular weight is 382 g/mol. The normalized spacial score (nSPS) is 12.9. The Kier molecular flexibility index (Phi) is 9.83. The van der Waals surface area contributed by atoms with E-state index in [2.05, 4.69) is 22.5 Å². The first kappa shape index (κ1) is 24.7. The van der Waals surface area contributed by atoms with Crippen molar-refractivity contribution in [1.29, 1.82) is 0 Å². The minimum atomic E-state index is -0.708. The first-order chi connectivity index (χ1) is 12.2. The number of guanidine groups is 1. The van der Waals surface area contributed by atoms with Gasteiger partial charge in [-0.05, 0) is 61.8 Å². The Morgan fingerprint density at radius 3 is 1.63 bits per heavy atom. The average Bonchev–Trinajstić information content (AvgIpc) is 2.46. The summed E-state index contributed by atoms with van der Waals surface area (Å²) in [7, 11) is 0. The maximum atomic E-state index is 12.0. The summed E-state index contributed by atoms with van der Waals surface area (Å²) in [4.78, 5) is 28.3. The van der Waals surface area contributed by atoms with Crippen LogP contribution in [0.25, 0.3) is 0 Å². The number of hydrogen-bond donors (Lipinski definition) is 2. The molecule has 0 aromatic rings. The lowest BCUT2D eigenvalue weighted by Gasteiger charge is -2.22. The van der Waals surface area contributed by atoms with E-state index in [1.807, 2.05) is 26.0 Å². The van der Waals surface area contributed by atoms with Crippen LogP contribution in [0.5, 0.6) is 0 Å². The van der Waals surface area contributed by atoms with Crippen LogP contribution in [-0.4, -0.2) is 35.9 Å². The molecule has 0 aromatic heterocycles. The molecular weight excluding hydrogens is 346 g/mol. The minimum absolute atomic E-state index is 0.0255. The Labute approximate surface area is 163 Å². The highest BCUT2D eigenvalue weighted by Gasteiger charge is 2.21. The van der Waals surface area contributed by atoms with E-state index in [0.29, 0.717) is 6.54 Å². The minimum Gasteiger partial charge on any atom is -0.444 e. The van der Waals surface area contributed by atoms with E-state index in [4.69, 9.17) is 9.47 Å². The number of allylic oxidation sites excluding steroid dienone is 3. The van der Waals surface area contributed by atoms with E-state index >= 15 is 0 Å². The highest BCUT2D eigenvalue weighted by Crippen LogP contribution is 2.08. The van der Waals surface area contributed by atoms with Crippen molar-refractivity contribution in [2.24, 2.45) is 4.99 Å². The molecule has 0 spiro atoms. The van der Waals surface area contributed by atoms with E-state index < -0.39 is 23.4 Å². The van der Waals surface area contributed by atoms with Crippen LogP contribution in [0, 0.1) is 0 Å². The molecule has 7 heteroatoms. The zero-order chi connectivity index (χ0) is 21.3. The molecule has 0 aromatic carbocycles. The Bertz CT molecular complexity index is 574. The molecule has 0 aliphatic carbocycles. The molecule has 2 amide bonds. The summed E-state index contributed by atoms with van der Waals surface area (Å²) in [6.07, 6.45) is 3.54. The van der Waals surface area contributed by atoms with Gasteiger partial charge < -0.3 is 9.47 Å². The van der Waals surface area contributed by atoms with Crippen molar-refractivity contribution in [2.75, 3.05) is 6.54 Å². The number of alkyl carbamates (subject to hydrolysis) is 2. The Balaban J connectivity index is 5.21. The van der Waals surface area contributed by atoms with Gasteiger partial charge in [0.2, 0.25) is 5.96 Å². The SMILES string of the molecule is CC/C(C)=C/C=C(\C)CN=C(NC(=O)OC(C)(C)C)NC(=O)OC(C)(C)C. The third kappa shape index (κ3) is 14.5. The number of nitrogens with zero attached hydrogens (tertiary/aromatic N) is 1. The van der Waals surface area contributed by atoms with Crippen LogP contribution < -0.4 is 10.6 Å². The zero-order valence-corrected chi connectivity index (χ0v) is 18.1. The summed E-state index contributed by atoms with van der Waals surface area (Å²) in [6, 6.07) is 0. The molecule has 0 saturated heterocycles. The van der Waals surface area contributed by atoms with Crippen molar-refractivity contribution in [1.82, 2.24) is 10.6 Å². The van der Waals surface area contributed by atoms with Crippen molar-refractivity contribution in [3.8, 4) is 0 Å². The number of amides is 2. The molecular formula is C20H35N3O4. The van der Waals surface area contributed by atoms with Crippen molar-refractivity contribution < 1.29 is 19.1 Å². The molecule has 7 nitrogen and oxygen atoms in total. The fourth-order valence-electron chi connectivity index (χ4n) is 1.57. The summed E-state index contributed by atoms with van der Waals surface area (Å²) in [6.45, 7) is 16.9. The number of carbonyl (C=O) groups is 2. The smallest absolute Gasteiger partial charge is 0.414 e. The van der Waals surface area contributed by atoms with Gasteiger partial charge in [-0.25, -0.2) is 14.6 Å². The maximum absolute atomic E-state index is 12.0. The number of ether oxygens (including phenoxy) is 2. The van der Waals surface area contributed by atoms with E-state index in [0.717, 1.165) is 12.0 Å². The number of carbonyl (C=O) groups excluding carboxylic acids is 2. The van der Waals surface area contributed by atoms with Gasteiger partial charge in [0.25, 0.3) is 0 Å². The predicted molar refractivity (Wildman–Crippen MR) is 109 cm³/mol. The molecule has 154 valence electrons. The molecule has 0 unspecified atom stereocenters. The number of hydrogen-bond acceptors (Lipinski definition) is 5. The third-order valence-electron chi connectivity index (χ3n) is 2.94. The van der Waals surface area contributed by atoms with Gasteiger partial charge in [-0.3, -0.25) is 10.6 Å². The molecule has 0 aliphatic rings. The fraction of sp³-hybridized carbons (Fsp3) is 0.650. The molecule has 0 fully saturated rings. The van der Waals surface area contributed by atoms with E-state index in [1.165, 1.54) is 5.57 Å². The van der Waals surface area contributed by atoms with Gasteiger partial charge in [0.05, 0.1) is 6.54 Å². The monoisotopic (exact) mass is 381 g/mol. The van der Waals surface area contributed by atoms with E-state index in [1.54, 1.807) is 41.5 Å². The van der Waals surface area contributed by atoms with Gasteiger partial charge in [0, 0.05) is 0 Å². The Morgan fingerprint density at radius 1 is 0.852 bits per heavy atom. The largest absolute Gasteiger partial charge is 0.444 e. The highest BCUT2D eigenvalue weighted by molar-refractivity contribution is 6.01. The van der Waals surface area contributed by atoms with Crippen LogP contribution in [0.3, 0.4) is 0 Å². The van der Waals surface area contributed by atoms with Crippen LogP contribution in [0.4, 0.5) is 9.59 Å². The zero-order valence-electron chi connectivity index (χ0n) is 18.1. The molecule has 0 radical (unpaired) electrons. The Hall–Kier alpha value is -2.31. The fourth-order valence-corrected chi connectivity index (χ4v) is 1.57. The predicted octanol–water partition coefficient (Wildman–Crippen LogP) is 4.69. The topological polar surface area (TPSA) is 89.0 Å². The summed E-state index contributed by atoms with van der Waals surface area (Å²) < 4.78 is 10.4. The molecule has 0 atom stereocenters. The molecule has 0 aliphatic heterocycles. The van der Waals surface area contributed by atoms with Gasteiger partial charge in [0.1, 0.15) is 11.2 Å². The number of nitrogens with one attached hydrogen (secondary N) is 2. The molecule has 0 heterocycles. The van der Waals surface area contributed by atoms with Gasteiger partial charge >= 0.3 is 12.2 Å². The number of aliphatic imine (C=N–C) groups is 1. The first-order valence-corrected chi connectivity index (χ1v) is 9.09. The second-order valence-electron chi connectivity index (χ2n) is 8.30. The van der Waals surface area contributed by atoms with Crippen molar-refractivity contribution >= 4 is 18.1 Å². The summed E-state index contributed by atoms with van der Waals surface area (Å²) in [5.74, 6) is -0.0255. The van der Waals surface area contributed by atoms with Gasteiger partial charge in [0.15, 0.2) is 0 Å². The lowest BCUT2D eigenvalue weighted by Crippen LogP contribution is -2.47. The lowest BCUT2D eigenvalue weighted by atomic mass is 10.2. The van der Waals surface area contributed by atoms with Crippen molar-refractivity contribution in [3.05, 3.63) is 23.3 Å². The second-order valence-corrected chi connectivity index (χ2v) is 8.30. The summed E-state index contributed by atoms with van der Waals surface area (Å²) in [5.41, 5.74) is 0.883. The van der Waals surface area contributed by atoms with Crippen molar-refractivity contribution in [3.63, 3.8) is 0 Å². The second kappa shape index (κ2) is 10.7. The van der Waals surface area contributed by atoms with E-state index in [-0.39, 0.29) is 5.96 Å². The van der Waals surface area contributed by atoms with Crippen LogP contribution in [-0.2, 0) is 9.47 Å². The van der Waals surface area contributed by atoms with E-state index in [9.17, 15) is 9.59 Å². The molecule has 27 heavy (non-hydrogen) atoms. The summed E-state index contributed by atoms with van der Waals surface area (Å²) >= 11 is 0. The van der Waals surface area contributed by atoms with Gasteiger partial charge in [-0.2, -0.15) is 0 Å². The first-order valence-electron chi connectivity index (χ1n) is 9.09. The van der Waals surface area contributed by atoms with Crippen LogP contribution >= 0.6 is 0 Å². The highest BCUT2D eigenvalue weighted by atomic mass is 16.6. The molecule has 0 saturated carbocycles.